The quantitative estimate of drug-likeness (QED) is 0.127. The van der Waals surface area contributed by atoms with E-state index < -0.39 is 10.4 Å². The van der Waals surface area contributed by atoms with E-state index in [1.165, 1.54) is 38.5 Å². The minimum absolute atomic E-state index is 0.0595. The molecule has 13 aliphatic rings. The van der Waals surface area contributed by atoms with E-state index in [-0.39, 0.29) is 69.8 Å². The summed E-state index contributed by atoms with van der Waals surface area (Å²) >= 11 is 0. The molecule has 12 aliphatic carbocycles. The zero-order valence-electron chi connectivity index (χ0n) is 50.6. The van der Waals surface area contributed by atoms with Crippen molar-refractivity contribution in [2.45, 2.75) is 231 Å². The van der Waals surface area contributed by atoms with Gasteiger partial charge in [0.1, 0.15) is 17.3 Å². The average Bonchev–Trinajstić information content (AvgIpc) is 3.56. The average molecular weight is 1150 g/mol. The summed E-state index contributed by atoms with van der Waals surface area (Å²) in [5.74, 6) is 8.11. The van der Waals surface area contributed by atoms with Gasteiger partial charge >= 0.3 is 10.4 Å². The molecular weight excluding hydrogens is 1040 g/mol. The van der Waals surface area contributed by atoms with Gasteiger partial charge in [-0.15, -0.1) is 0 Å². The Morgan fingerprint density at radius 1 is 0.463 bits per heavy atom. The highest BCUT2D eigenvalue weighted by molar-refractivity contribution is 7.79. The van der Waals surface area contributed by atoms with Gasteiger partial charge in [0, 0.05) is 78.2 Å². The maximum Gasteiger partial charge on any atom is 0.394 e. The van der Waals surface area contributed by atoms with E-state index >= 15 is 0 Å². The highest BCUT2D eigenvalue weighted by Crippen LogP contribution is 2.70. The molecule has 17 heteroatoms. The van der Waals surface area contributed by atoms with Gasteiger partial charge in [-0.3, -0.25) is 23.5 Å². The van der Waals surface area contributed by atoms with E-state index in [1.54, 1.807) is 14.2 Å². The maximum absolute atomic E-state index is 12.7. The number of methoxy groups -OCH3 is 5. The number of aliphatic hydroxyl groups is 3. The van der Waals surface area contributed by atoms with Crippen LogP contribution in [0.25, 0.3) is 0 Å². The number of fused-ring (bicyclic) bond motifs is 17. The summed E-state index contributed by atoms with van der Waals surface area (Å²) in [5, 5.41) is 27.9. The van der Waals surface area contributed by atoms with Crippen molar-refractivity contribution in [3.8, 4) is 0 Å². The molecule has 0 bridgehead atoms. The zero-order valence-corrected chi connectivity index (χ0v) is 51.4. The van der Waals surface area contributed by atoms with Crippen molar-refractivity contribution < 1.29 is 75.6 Å². The van der Waals surface area contributed by atoms with Crippen molar-refractivity contribution in [1.29, 1.82) is 0 Å². The molecule has 1 heterocycles. The molecule has 13 rings (SSSR count). The highest BCUT2D eigenvalue weighted by atomic mass is 32.3. The molecule has 5 N–H and O–H groups in total. The van der Waals surface area contributed by atoms with Crippen LogP contribution in [0, 0.1) is 104 Å². The fourth-order valence-electron chi connectivity index (χ4n) is 23.0. The number of hydrogen-bond donors (Lipinski definition) is 5. The lowest BCUT2D eigenvalue weighted by atomic mass is 9.44. The first-order chi connectivity index (χ1) is 37.7. The second kappa shape index (κ2) is 23.3. The fraction of sp³-hybridized carbons (Fsp3) is 0.952. The van der Waals surface area contributed by atoms with Gasteiger partial charge in [0.05, 0.1) is 54.9 Å². The Morgan fingerprint density at radius 2 is 0.850 bits per heavy atom. The first-order valence-corrected chi connectivity index (χ1v) is 32.5. The smallest absolute Gasteiger partial charge is 0.394 e. The van der Waals surface area contributed by atoms with Gasteiger partial charge in [-0.1, -0.05) is 41.5 Å². The zero-order chi connectivity index (χ0) is 58.4. The number of epoxide rings is 1. The highest BCUT2D eigenvalue weighted by Gasteiger charge is 2.69. The van der Waals surface area contributed by atoms with Crippen LogP contribution < -0.4 is 0 Å². The van der Waals surface area contributed by atoms with E-state index in [4.69, 9.17) is 51.1 Å². The Morgan fingerprint density at radius 3 is 1.27 bits per heavy atom. The van der Waals surface area contributed by atoms with Gasteiger partial charge in [-0.05, 0) is 203 Å². The maximum atomic E-state index is 12.7. The molecule has 27 atom stereocenters. The van der Waals surface area contributed by atoms with Gasteiger partial charge in [0.15, 0.2) is 0 Å². The minimum Gasteiger partial charge on any atom is -0.400 e. The number of aliphatic hydroxyl groups excluding tert-OH is 3. The van der Waals surface area contributed by atoms with Gasteiger partial charge in [0.25, 0.3) is 0 Å². The molecule has 13 fully saturated rings. The van der Waals surface area contributed by atoms with E-state index in [0.717, 1.165) is 109 Å². The summed E-state index contributed by atoms with van der Waals surface area (Å²) in [7, 11) is 5.32. The summed E-state index contributed by atoms with van der Waals surface area (Å²) in [5.41, 5.74) is 0.152. The van der Waals surface area contributed by atoms with Crippen LogP contribution in [0.2, 0.25) is 0 Å². The van der Waals surface area contributed by atoms with Crippen LogP contribution in [0.4, 0.5) is 0 Å². The molecular formula is C63H104O16S. The Hall–Kier alpha value is -1.48. The number of Topliss-reactive ketones (excluding diaryl/α,β-unsaturated/α-hetero) is 3. The van der Waals surface area contributed by atoms with Crippen LogP contribution in [0.5, 0.6) is 0 Å². The van der Waals surface area contributed by atoms with Gasteiger partial charge < -0.3 is 43.7 Å². The number of ether oxygens (including phenoxy) is 6. The van der Waals surface area contributed by atoms with Gasteiger partial charge in [-0.25, -0.2) is 0 Å². The first kappa shape index (κ1) is 63.0. The van der Waals surface area contributed by atoms with Crippen LogP contribution >= 0.6 is 0 Å². The molecule has 0 aromatic rings. The number of hydrogen-bond acceptors (Lipinski definition) is 14. The molecule has 16 nitrogen and oxygen atoms in total. The van der Waals surface area contributed by atoms with Crippen molar-refractivity contribution >= 4 is 27.7 Å². The molecule has 80 heavy (non-hydrogen) atoms. The third-order valence-electron chi connectivity index (χ3n) is 26.6. The SMILES string of the molecule is CO.CO[C@H]1C[C@]2(C)C(=O)CC[C@H]2[C@@H]2CC[C@H]3C[C@H](O)[C@@H](OC)C[C@]3(C)[C@H]21.CO[C@H]1C[C@]2(C)C(=O)CC[C@H]2[C@@H]2CC[C@H]3[C@@H]4O[C@@H]4CC[C@]3(C)[C@H]21.CO[C@H]1[C@H](O)CC[C@]2(C)[C@@H]3[C@@H](CC[C@@H]12)[C@@H]1CCC(=O)[C@@]1(C)C[C@@H]3OC.O=S(=O)(O)O. The molecule has 0 aromatic heterocycles. The van der Waals surface area contributed by atoms with Gasteiger partial charge in [0.2, 0.25) is 0 Å². The molecule has 0 radical (unpaired) electrons. The summed E-state index contributed by atoms with van der Waals surface area (Å²) in [4.78, 5) is 37.9. The number of carbonyl (C=O) groups is 3. The third-order valence-corrected chi connectivity index (χ3v) is 26.6. The summed E-state index contributed by atoms with van der Waals surface area (Å²) in [6.07, 6.45) is 22.4. The van der Waals surface area contributed by atoms with Crippen LogP contribution in [0.1, 0.15) is 176 Å². The van der Waals surface area contributed by atoms with Crippen molar-refractivity contribution in [3.63, 3.8) is 0 Å². The van der Waals surface area contributed by atoms with E-state index in [9.17, 15) is 24.6 Å². The fourth-order valence-corrected chi connectivity index (χ4v) is 23.0. The van der Waals surface area contributed by atoms with Crippen molar-refractivity contribution in [2.24, 2.45) is 104 Å². The second-order valence-corrected chi connectivity index (χ2v) is 30.2. The Balaban J connectivity index is 0.000000137. The van der Waals surface area contributed by atoms with Gasteiger partial charge in [-0.2, -0.15) is 8.42 Å². The molecule has 1 aliphatic heterocycles. The predicted molar refractivity (Wildman–Crippen MR) is 299 cm³/mol. The molecule has 12 saturated carbocycles. The van der Waals surface area contributed by atoms with Crippen molar-refractivity contribution in [3.05, 3.63) is 0 Å². The Kier molecular flexibility index (Phi) is 18.4. The molecule has 0 spiro atoms. The summed E-state index contributed by atoms with van der Waals surface area (Å²) < 4.78 is 67.1. The van der Waals surface area contributed by atoms with E-state index in [2.05, 4.69) is 41.5 Å². The monoisotopic (exact) mass is 1150 g/mol. The largest absolute Gasteiger partial charge is 0.400 e. The number of ketones is 3. The lowest BCUT2D eigenvalue weighted by Gasteiger charge is -2.63. The summed E-state index contributed by atoms with van der Waals surface area (Å²) in [6.45, 7) is 14.0. The van der Waals surface area contributed by atoms with Crippen molar-refractivity contribution in [2.75, 3.05) is 42.7 Å². The van der Waals surface area contributed by atoms with Crippen LogP contribution in [-0.4, -0.2) is 148 Å². The molecule has 458 valence electrons. The normalized spacial score (nSPS) is 52.8. The van der Waals surface area contributed by atoms with E-state index in [0.29, 0.717) is 100 Å². The van der Waals surface area contributed by atoms with E-state index in [1.807, 2.05) is 21.3 Å². The summed E-state index contributed by atoms with van der Waals surface area (Å²) in [6, 6.07) is 0. The topological polar surface area (TPSA) is 245 Å². The predicted octanol–water partition coefficient (Wildman–Crippen LogP) is 8.97. The van der Waals surface area contributed by atoms with Crippen LogP contribution in [0.15, 0.2) is 0 Å². The number of carbonyl (C=O) groups excluding carboxylic acids is 3. The standard InChI is InChI=1S/2C21H34O4.C20H30O3.CH4O.H2O4S/c1-20-10-16(24-3)15(22)9-12(20)5-6-13-14-7-8-18(23)21(14,2)11-17(25-4)19(13)20;1-20-10-9-15(22)19(25-4)14(20)6-5-12-13-7-8-17(23)21(13,2)11-16(24-3)18(12)20;1-19-9-8-14-18(23-14)13(19)5-4-11-12-6-7-16(21)20(12,2)10-15(22-3)17(11)19;1-2;1-5(2,3)4/h12-17,19,22H,5-11H2,1-4H3;12-16,18-19,22H,5-11H2,1-4H3;11-15,17-18H,4-10H2,1-3H3;2H,1H3;(H2,1,2,3,4)/t12-,13-,14-,15-,16-,17-,19+,20-,21-;12-,13-,14-,15+,16-,18+,19+,20-,21-;11-,12-,13-,14+,15-,17+,18-,19-,20-;;/m000../s1. The van der Waals surface area contributed by atoms with Crippen LogP contribution in [0.3, 0.4) is 0 Å². The van der Waals surface area contributed by atoms with Crippen molar-refractivity contribution in [1.82, 2.24) is 0 Å². The Bertz CT molecular complexity index is 2290. The molecule has 0 unspecified atom stereocenters. The Labute approximate surface area is 478 Å². The number of rotatable bonds is 5. The lowest BCUT2D eigenvalue weighted by Crippen LogP contribution is -2.62. The molecule has 0 amide bonds. The third kappa shape index (κ3) is 10.4. The molecule has 0 aromatic carbocycles. The molecule has 1 saturated heterocycles. The minimum atomic E-state index is -4.67. The van der Waals surface area contributed by atoms with Crippen LogP contribution in [-0.2, 0) is 53.2 Å². The lowest BCUT2D eigenvalue weighted by molar-refractivity contribution is -0.212. The second-order valence-electron chi connectivity index (χ2n) is 29.3. The first-order valence-electron chi connectivity index (χ1n) is 31.1.